The molecule has 0 aliphatic heterocycles. The lowest BCUT2D eigenvalue weighted by Crippen LogP contribution is -2.30. The number of hydrogen-bond donors (Lipinski definition) is 2. The maximum atomic E-state index is 9.85. The van der Waals surface area contributed by atoms with Crippen molar-refractivity contribution in [2.24, 2.45) is 0 Å². The van der Waals surface area contributed by atoms with Crippen molar-refractivity contribution >= 4 is 11.4 Å². The molecule has 0 aliphatic carbocycles. The van der Waals surface area contributed by atoms with E-state index < -0.39 is 6.10 Å². The fourth-order valence-corrected chi connectivity index (χ4v) is 1.53. The van der Waals surface area contributed by atoms with E-state index in [1.165, 1.54) is 0 Å². The molecule has 0 amide bonds. The van der Waals surface area contributed by atoms with Crippen molar-refractivity contribution in [1.82, 2.24) is 0 Å². The molecule has 2 N–H and O–H groups in total. The van der Waals surface area contributed by atoms with Gasteiger partial charge in [0, 0.05) is 32.0 Å². The van der Waals surface area contributed by atoms with Crippen LogP contribution in [0.5, 0.6) is 0 Å². The van der Waals surface area contributed by atoms with Gasteiger partial charge in [-0.05, 0) is 39.0 Å². The molecule has 1 atom stereocenters. The van der Waals surface area contributed by atoms with Crippen LogP contribution in [0.15, 0.2) is 24.3 Å². The van der Waals surface area contributed by atoms with Gasteiger partial charge in [0.05, 0.1) is 18.3 Å². The molecule has 0 bridgehead atoms. The van der Waals surface area contributed by atoms with E-state index >= 15 is 0 Å². The molecule has 0 spiro atoms. The summed E-state index contributed by atoms with van der Waals surface area (Å²) in [6, 6.07) is 8.09. The Balaban J connectivity index is 2.41. The van der Waals surface area contributed by atoms with Crippen LogP contribution < -0.4 is 10.2 Å². The molecule has 1 rings (SSSR count). The van der Waals surface area contributed by atoms with Gasteiger partial charge >= 0.3 is 0 Å². The van der Waals surface area contributed by atoms with Crippen LogP contribution in [0.4, 0.5) is 11.4 Å². The van der Waals surface area contributed by atoms with Gasteiger partial charge in [0.25, 0.3) is 0 Å². The highest BCUT2D eigenvalue weighted by molar-refractivity contribution is 5.57. The third-order valence-corrected chi connectivity index (χ3v) is 2.61. The summed E-state index contributed by atoms with van der Waals surface area (Å²) in [5.41, 5.74) is 1.91. The first-order valence-electron chi connectivity index (χ1n) is 6.61. The van der Waals surface area contributed by atoms with Crippen molar-refractivity contribution in [3.8, 4) is 0 Å². The number of nitrogens with one attached hydrogen (secondary N) is 1. The van der Waals surface area contributed by atoms with Gasteiger partial charge in [-0.25, -0.2) is 0 Å². The molecule has 0 aromatic heterocycles. The summed E-state index contributed by atoms with van der Waals surface area (Å²) in [7, 11) is 4.01. The summed E-state index contributed by atoms with van der Waals surface area (Å²) in [6.45, 7) is 6.76. The first-order chi connectivity index (χ1) is 8.78. The van der Waals surface area contributed by atoms with Crippen LogP contribution in [-0.2, 0) is 4.74 Å². The van der Waals surface area contributed by atoms with Crippen LogP contribution in [0.3, 0.4) is 0 Å². The lowest BCUT2D eigenvalue weighted by atomic mass is 10.2. The average molecular weight is 266 g/mol. The normalized spacial score (nSPS) is 13.2. The second-order valence-corrected chi connectivity index (χ2v) is 5.90. The maximum Gasteiger partial charge on any atom is 0.0945 e. The van der Waals surface area contributed by atoms with E-state index in [1.807, 2.05) is 58.0 Å². The van der Waals surface area contributed by atoms with Gasteiger partial charge in [-0.1, -0.05) is 6.07 Å². The van der Waals surface area contributed by atoms with E-state index in [0.29, 0.717) is 13.2 Å². The maximum absolute atomic E-state index is 9.85. The lowest BCUT2D eigenvalue weighted by Gasteiger charge is -2.22. The molecule has 0 saturated carbocycles. The Morgan fingerprint density at radius 2 is 2.00 bits per heavy atom. The molecule has 108 valence electrons. The second-order valence-electron chi connectivity index (χ2n) is 5.90. The smallest absolute Gasteiger partial charge is 0.0945 e. The predicted octanol–water partition coefficient (Wildman–Crippen LogP) is 2.34. The zero-order chi connectivity index (χ0) is 14.5. The number of hydrogen-bond acceptors (Lipinski definition) is 4. The standard InChI is InChI=1S/C15H26N2O2/c1-15(2,3)19-11-14(18)10-16-12-7-6-8-13(9-12)17(4)5/h6-9,14,16,18H,10-11H2,1-5H3. The second kappa shape index (κ2) is 6.78. The quantitative estimate of drug-likeness (QED) is 0.829. The minimum absolute atomic E-state index is 0.216. The highest BCUT2D eigenvalue weighted by Gasteiger charge is 2.13. The van der Waals surface area contributed by atoms with Crippen LogP contribution in [-0.4, -0.2) is 44.1 Å². The van der Waals surface area contributed by atoms with Crippen molar-refractivity contribution in [3.63, 3.8) is 0 Å². The number of aliphatic hydroxyl groups is 1. The fraction of sp³-hybridized carbons (Fsp3) is 0.600. The van der Waals surface area contributed by atoms with E-state index in [-0.39, 0.29) is 5.60 Å². The topological polar surface area (TPSA) is 44.7 Å². The first-order valence-corrected chi connectivity index (χ1v) is 6.61. The third kappa shape index (κ3) is 6.45. The van der Waals surface area contributed by atoms with Gasteiger partial charge in [0.2, 0.25) is 0 Å². The van der Waals surface area contributed by atoms with Crippen LogP contribution in [0.2, 0.25) is 0 Å². The molecule has 1 aromatic carbocycles. The highest BCUT2D eigenvalue weighted by Crippen LogP contribution is 2.17. The first kappa shape index (κ1) is 15.8. The van der Waals surface area contributed by atoms with E-state index in [0.717, 1.165) is 11.4 Å². The van der Waals surface area contributed by atoms with Crippen LogP contribution in [0.25, 0.3) is 0 Å². The number of anilines is 2. The highest BCUT2D eigenvalue weighted by atomic mass is 16.5. The van der Waals surface area contributed by atoms with Gasteiger partial charge in [0.1, 0.15) is 0 Å². The molecular formula is C15H26N2O2. The van der Waals surface area contributed by atoms with E-state index in [2.05, 4.69) is 11.4 Å². The van der Waals surface area contributed by atoms with Gasteiger partial charge in [0.15, 0.2) is 0 Å². The Labute approximate surface area is 116 Å². The van der Waals surface area contributed by atoms with Gasteiger partial charge in [-0.2, -0.15) is 0 Å². The molecule has 19 heavy (non-hydrogen) atoms. The minimum atomic E-state index is -0.512. The van der Waals surface area contributed by atoms with Gasteiger partial charge < -0.3 is 20.1 Å². The van der Waals surface area contributed by atoms with Gasteiger partial charge in [-0.3, -0.25) is 0 Å². The fourth-order valence-electron chi connectivity index (χ4n) is 1.53. The molecule has 4 nitrogen and oxygen atoms in total. The predicted molar refractivity (Wildman–Crippen MR) is 81.0 cm³/mol. The van der Waals surface area contributed by atoms with E-state index in [1.54, 1.807) is 0 Å². The third-order valence-electron chi connectivity index (χ3n) is 2.61. The lowest BCUT2D eigenvalue weighted by molar-refractivity contribution is -0.0449. The van der Waals surface area contributed by atoms with E-state index in [9.17, 15) is 5.11 Å². The Morgan fingerprint density at radius 3 is 2.58 bits per heavy atom. The number of rotatable bonds is 6. The van der Waals surface area contributed by atoms with Crippen molar-refractivity contribution < 1.29 is 9.84 Å². The summed E-state index contributed by atoms with van der Waals surface area (Å²) < 4.78 is 5.54. The SMILES string of the molecule is CN(C)c1cccc(NCC(O)COC(C)(C)C)c1. The largest absolute Gasteiger partial charge is 0.389 e. The number of benzene rings is 1. The van der Waals surface area contributed by atoms with Crippen LogP contribution >= 0.6 is 0 Å². The van der Waals surface area contributed by atoms with E-state index in [4.69, 9.17) is 4.74 Å². The molecule has 0 heterocycles. The molecule has 0 aliphatic rings. The van der Waals surface area contributed by atoms with Crippen molar-refractivity contribution in [1.29, 1.82) is 0 Å². The zero-order valence-corrected chi connectivity index (χ0v) is 12.6. The number of ether oxygens (including phenoxy) is 1. The summed E-state index contributed by atoms with van der Waals surface area (Å²) in [5, 5.41) is 13.1. The Hall–Kier alpha value is -1.26. The monoisotopic (exact) mass is 266 g/mol. The molecule has 0 fully saturated rings. The molecule has 0 saturated heterocycles. The van der Waals surface area contributed by atoms with Crippen LogP contribution in [0, 0.1) is 0 Å². The van der Waals surface area contributed by atoms with Gasteiger partial charge in [-0.15, -0.1) is 0 Å². The molecule has 1 unspecified atom stereocenters. The molecule has 0 radical (unpaired) electrons. The summed E-state index contributed by atoms with van der Waals surface area (Å²) in [4.78, 5) is 2.05. The van der Waals surface area contributed by atoms with Crippen molar-refractivity contribution in [2.45, 2.75) is 32.5 Å². The number of aliphatic hydroxyl groups excluding tert-OH is 1. The molecule has 1 aromatic rings. The Kier molecular flexibility index (Phi) is 5.63. The Morgan fingerprint density at radius 1 is 1.32 bits per heavy atom. The van der Waals surface area contributed by atoms with Crippen molar-refractivity contribution in [3.05, 3.63) is 24.3 Å². The molecular weight excluding hydrogens is 240 g/mol. The average Bonchev–Trinajstić information content (AvgIpc) is 2.33. The summed E-state index contributed by atoms with van der Waals surface area (Å²) in [6.07, 6.45) is -0.512. The zero-order valence-electron chi connectivity index (χ0n) is 12.6. The number of nitrogens with zero attached hydrogens (tertiary/aromatic N) is 1. The summed E-state index contributed by atoms with van der Waals surface area (Å²) in [5.74, 6) is 0. The van der Waals surface area contributed by atoms with Crippen molar-refractivity contribution in [2.75, 3.05) is 37.5 Å². The molecule has 4 heteroatoms. The minimum Gasteiger partial charge on any atom is -0.389 e. The van der Waals surface area contributed by atoms with Crippen LogP contribution in [0.1, 0.15) is 20.8 Å². The Bertz CT molecular complexity index is 386. The summed E-state index contributed by atoms with van der Waals surface area (Å²) >= 11 is 0.